The summed E-state index contributed by atoms with van der Waals surface area (Å²) in [6, 6.07) is 23.0. The molecule has 0 aliphatic carbocycles. The van der Waals surface area contributed by atoms with E-state index in [1.54, 1.807) is 25.3 Å². The van der Waals surface area contributed by atoms with E-state index in [9.17, 15) is 18.0 Å². The van der Waals surface area contributed by atoms with Gasteiger partial charge in [-0.1, -0.05) is 75.4 Å². The second-order valence-corrected chi connectivity index (χ2v) is 12.8. The van der Waals surface area contributed by atoms with Crippen LogP contribution in [-0.2, 0) is 32.6 Å². The van der Waals surface area contributed by atoms with Gasteiger partial charge in [0.05, 0.1) is 19.1 Å². The van der Waals surface area contributed by atoms with Crippen LogP contribution in [0.5, 0.6) is 5.75 Å². The van der Waals surface area contributed by atoms with E-state index in [4.69, 9.17) is 4.74 Å². The van der Waals surface area contributed by atoms with E-state index >= 15 is 0 Å². The van der Waals surface area contributed by atoms with Gasteiger partial charge < -0.3 is 15.0 Å². The van der Waals surface area contributed by atoms with Gasteiger partial charge in [-0.25, -0.2) is 8.42 Å². The Labute approximate surface area is 250 Å². The van der Waals surface area contributed by atoms with Crippen LogP contribution in [0.1, 0.15) is 56.7 Å². The molecule has 0 saturated heterocycles. The Morgan fingerprint density at radius 3 is 2.12 bits per heavy atom. The molecule has 3 aromatic rings. The Morgan fingerprint density at radius 1 is 0.905 bits per heavy atom. The van der Waals surface area contributed by atoms with E-state index in [1.165, 1.54) is 4.90 Å². The summed E-state index contributed by atoms with van der Waals surface area (Å²) in [5.41, 5.74) is 3.09. The molecule has 0 aliphatic heterocycles. The molecule has 3 aromatic carbocycles. The van der Waals surface area contributed by atoms with Crippen molar-refractivity contribution in [3.05, 3.63) is 95.6 Å². The van der Waals surface area contributed by atoms with Crippen molar-refractivity contribution in [1.29, 1.82) is 0 Å². The van der Waals surface area contributed by atoms with Gasteiger partial charge in [-0.3, -0.25) is 13.9 Å². The smallest absolute Gasteiger partial charge is 0.244 e. The largest absolute Gasteiger partial charge is 0.497 e. The summed E-state index contributed by atoms with van der Waals surface area (Å²) in [5, 5.41) is 3.04. The van der Waals surface area contributed by atoms with Gasteiger partial charge in [0, 0.05) is 19.0 Å². The van der Waals surface area contributed by atoms with Crippen LogP contribution in [0.15, 0.2) is 78.9 Å². The number of carbonyl (C=O) groups is 2. The van der Waals surface area contributed by atoms with Crippen molar-refractivity contribution < 1.29 is 22.7 Å². The van der Waals surface area contributed by atoms with Crippen molar-refractivity contribution in [3.8, 4) is 5.75 Å². The maximum Gasteiger partial charge on any atom is 0.244 e. The van der Waals surface area contributed by atoms with Crippen LogP contribution in [-0.4, -0.2) is 57.1 Å². The summed E-state index contributed by atoms with van der Waals surface area (Å²) >= 11 is 0. The summed E-state index contributed by atoms with van der Waals surface area (Å²) in [6.45, 7) is 7.64. The van der Waals surface area contributed by atoms with Crippen molar-refractivity contribution in [1.82, 2.24) is 10.2 Å². The van der Waals surface area contributed by atoms with E-state index < -0.39 is 28.5 Å². The van der Waals surface area contributed by atoms with Gasteiger partial charge >= 0.3 is 0 Å². The van der Waals surface area contributed by atoms with Gasteiger partial charge in [-0.05, 0) is 60.2 Å². The first-order valence-electron chi connectivity index (χ1n) is 14.3. The topological polar surface area (TPSA) is 96.0 Å². The molecule has 0 spiro atoms. The molecule has 0 fully saturated rings. The second kappa shape index (κ2) is 14.9. The number of carbonyl (C=O) groups excluding carboxylic acids is 2. The van der Waals surface area contributed by atoms with Crippen LogP contribution < -0.4 is 14.4 Å². The number of ether oxygens (including phenoxy) is 1. The molecule has 2 atom stereocenters. The quantitative estimate of drug-likeness (QED) is 0.279. The van der Waals surface area contributed by atoms with Crippen LogP contribution in [0, 0.1) is 0 Å². The lowest BCUT2D eigenvalue weighted by Crippen LogP contribution is -2.54. The fraction of sp³-hybridized carbons (Fsp3) is 0.394. The first-order chi connectivity index (χ1) is 19.9. The summed E-state index contributed by atoms with van der Waals surface area (Å²) in [7, 11) is -2.26. The molecule has 226 valence electrons. The highest BCUT2D eigenvalue weighted by molar-refractivity contribution is 7.92. The standard InChI is InChI=1S/C33H43N3O5S/c1-7-25(4)34-33(38)31(21-26-12-9-8-10-13-26)35(22-27-14-11-15-30(20-27)41-5)32(37)23-36(42(6,39)40)29-18-16-28(17-19-29)24(2)3/h8-20,24-25,31H,7,21-23H2,1-6H3,(H,34,38)/t25-,31+/m1/s1. The van der Waals surface area contributed by atoms with Gasteiger partial charge in [-0.15, -0.1) is 0 Å². The van der Waals surface area contributed by atoms with E-state index in [1.807, 2.05) is 74.5 Å². The fourth-order valence-corrected chi connectivity index (χ4v) is 5.45. The van der Waals surface area contributed by atoms with Crippen LogP contribution in [0.4, 0.5) is 5.69 Å². The zero-order chi connectivity index (χ0) is 30.9. The number of hydrogen-bond donors (Lipinski definition) is 1. The van der Waals surface area contributed by atoms with Crippen LogP contribution >= 0.6 is 0 Å². The highest BCUT2D eigenvalue weighted by atomic mass is 32.2. The number of rotatable bonds is 14. The van der Waals surface area contributed by atoms with Gasteiger partial charge in [0.25, 0.3) is 0 Å². The number of benzene rings is 3. The zero-order valence-corrected chi connectivity index (χ0v) is 26.2. The lowest BCUT2D eigenvalue weighted by Gasteiger charge is -2.34. The third-order valence-electron chi connectivity index (χ3n) is 7.29. The van der Waals surface area contributed by atoms with E-state index in [-0.39, 0.29) is 30.8 Å². The Bertz CT molecular complexity index is 1430. The fourth-order valence-electron chi connectivity index (χ4n) is 4.60. The van der Waals surface area contributed by atoms with Gasteiger partial charge in [0.1, 0.15) is 18.3 Å². The summed E-state index contributed by atoms with van der Waals surface area (Å²) in [6.07, 6.45) is 2.07. The molecule has 9 heteroatoms. The maximum absolute atomic E-state index is 14.2. The third-order valence-corrected chi connectivity index (χ3v) is 8.43. The monoisotopic (exact) mass is 593 g/mol. The van der Waals surface area contributed by atoms with Crippen molar-refractivity contribution >= 4 is 27.5 Å². The lowest BCUT2D eigenvalue weighted by atomic mass is 10.0. The van der Waals surface area contributed by atoms with E-state index in [0.717, 1.165) is 33.7 Å². The highest BCUT2D eigenvalue weighted by Crippen LogP contribution is 2.24. The van der Waals surface area contributed by atoms with Crippen LogP contribution in [0.25, 0.3) is 0 Å². The number of amides is 2. The maximum atomic E-state index is 14.2. The number of hydrogen-bond acceptors (Lipinski definition) is 5. The number of nitrogens with one attached hydrogen (secondary N) is 1. The molecular formula is C33H43N3O5S. The number of anilines is 1. The molecule has 0 radical (unpaired) electrons. The van der Waals surface area contributed by atoms with Crippen LogP contribution in [0.2, 0.25) is 0 Å². The molecule has 0 unspecified atom stereocenters. The van der Waals surface area contributed by atoms with E-state index in [0.29, 0.717) is 11.4 Å². The summed E-state index contributed by atoms with van der Waals surface area (Å²) < 4.78 is 32.5. The molecule has 3 rings (SSSR count). The van der Waals surface area contributed by atoms with Crippen molar-refractivity contribution in [2.45, 2.75) is 65.1 Å². The molecule has 0 aliphatic rings. The third kappa shape index (κ3) is 9.08. The average molecular weight is 594 g/mol. The van der Waals surface area contributed by atoms with Gasteiger partial charge in [0.2, 0.25) is 21.8 Å². The molecule has 0 bridgehead atoms. The Hall–Kier alpha value is -3.85. The highest BCUT2D eigenvalue weighted by Gasteiger charge is 2.33. The van der Waals surface area contributed by atoms with Gasteiger partial charge in [-0.2, -0.15) is 0 Å². The zero-order valence-electron chi connectivity index (χ0n) is 25.4. The lowest BCUT2D eigenvalue weighted by molar-refractivity contribution is -0.140. The average Bonchev–Trinajstić information content (AvgIpc) is 2.97. The SMILES string of the molecule is CC[C@@H](C)NC(=O)[C@H](Cc1ccccc1)N(Cc1cccc(OC)c1)C(=O)CN(c1ccc(C(C)C)cc1)S(C)(=O)=O. The van der Waals surface area contributed by atoms with Crippen molar-refractivity contribution in [3.63, 3.8) is 0 Å². The predicted molar refractivity (Wildman–Crippen MR) is 168 cm³/mol. The Morgan fingerprint density at radius 2 is 1.55 bits per heavy atom. The minimum atomic E-state index is -3.83. The molecule has 42 heavy (non-hydrogen) atoms. The number of sulfonamides is 1. The Balaban J connectivity index is 2.06. The van der Waals surface area contributed by atoms with E-state index in [2.05, 4.69) is 19.2 Å². The van der Waals surface area contributed by atoms with Crippen LogP contribution in [0.3, 0.4) is 0 Å². The van der Waals surface area contributed by atoms with Crippen molar-refractivity contribution in [2.75, 3.05) is 24.2 Å². The molecule has 2 amide bonds. The Kier molecular flexibility index (Phi) is 11.6. The molecule has 1 N–H and O–H groups in total. The summed E-state index contributed by atoms with van der Waals surface area (Å²) in [5.74, 6) is 0.105. The molecular weight excluding hydrogens is 550 g/mol. The summed E-state index contributed by atoms with van der Waals surface area (Å²) in [4.78, 5) is 29.5. The molecule has 0 heterocycles. The molecule has 8 nitrogen and oxygen atoms in total. The first kappa shape index (κ1) is 32.7. The predicted octanol–water partition coefficient (Wildman–Crippen LogP) is 5.14. The normalized spacial score (nSPS) is 12.8. The first-order valence-corrected chi connectivity index (χ1v) is 16.1. The van der Waals surface area contributed by atoms with Gasteiger partial charge in [0.15, 0.2) is 0 Å². The molecule has 0 saturated carbocycles. The number of nitrogens with zero attached hydrogens (tertiary/aromatic N) is 2. The second-order valence-electron chi connectivity index (χ2n) is 10.9. The minimum absolute atomic E-state index is 0.0886. The minimum Gasteiger partial charge on any atom is -0.497 e. The molecule has 0 aromatic heterocycles. The number of methoxy groups -OCH3 is 1. The van der Waals surface area contributed by atoms with Crippen molar-refractivity contribution in [2.24, 2.45) is 0 Å².